The predicted molar refractivity (Wildman–Crippen MR) is 75.7 cm³/mol. The van der Waals surface area contributed by atoms with Gasteiger partial charge in [0.15, 0.2) is 0 Å². The smallest absolute Gasteiger partial charge is 0.129 e. The van der Waals surface area contributed by atoms with E-state index in [2.05, 4.69) is 4.98 Å². The Balaban J connectivity index is 1.73. The number of aliphatic hydroxyl groups is 1. The van der Waals surface area contributed by atoms with Crippen LogP contribution >= 0.6 is 11.6 Å². The fourth-order valence-electron chi connectivity index (χ4n) is 3.30. The lowest BCUT2D eigenvalue weighted by molar-refractivity contribution is -0.159. The molecule has 1 aromatic rings. The van der Waals surface area contributed by atoms with Crippen LogP contribution in [-0.2, 0) is 9.47 Å². The van der Waals surface area contributed by atoms with Gasteiger partial charge in [-0.05, 0) is 49.3 Å². The van der Waals surface area contributed by atoms with Gasteiger partial charge in [-0.15, -0.1) is 0 Å². The second-order valence-electron chi connectivity index (χ2n) is 5.75. The van der Waals surface area contributed by atoms with Crippen molar-refractivity contribution < 1.29 is 14.6 Å². The average Bonchev–Trinajstić information content (AvgIpc) is 2.47. The maximum absolute atomic E-state index is 10.6. The molecule has 2 aliphatic heterocycles. The number of rotatable bonds is 2. The maximum atomic E-state index is 10.6. The van der Waals surface area contributed by atoms with Crippen molar-refractivity contribution in [1.29, 1.82) is 0 Å². The summed E-state index contributed by atoms with van der Waals surface area (Å²) in [6.07, 6.45) is 4.76. The summed E-state index contributed by atoms with van der Waals surface area (Å²) in [6.45, 7) is 2.22. The Morgan fingerprint density at radius 1 is 1.35 bits per heavy atom. The van der Waals surface area contributed by atoms with Crippen LogP contribution in [0.4, 0.5) is 0 Å². The molecule has 0 aliphatic carbocycles. The number of hydrogen-bond donors (Lipinski definition) is 1. The SMILES string of the molecule is OC(c1ccnc(Cl)c1)C1CCOC2(CCOCC2)C1. The van der Waals surface area contributed by atoms with Crippen LogP contribution in [0.3, 0.4) is 0 Å². The molecule has 110 valence electrons. The molecule has 2 atom stereocenters. The van der Waals surface area contributed by atoms with Crippen LogP contribution in [0, 0.1) is 5.92 Å². The molecule has 3 rings (SSSR count). The molecule has 0 saturated carbocycles. The summed E-state index contributed by atoms with van der Waals surface area (Å²) >= 11 is 5.91. The Bertz CT molecular complexity index is 457. The largest absolute Gasteiger partial charge is 0.388 e. The number of aromatic nitrogens is 1. The van der Waals surface area contributed by atoms with Gasteiger partial charge in [-0.25, -0.2) is 4.98 Å². The third kappa shape index (κ3) is 2.98. The van der Waals surface area contributed by atoms with E-state index in [0.717, 1.165) is 44.5 Å². The molecule has 5 heteroatoms. The number of hydrogen-bond acceptors (Lipinski definition) is 4. The van der Waals surface area contributed by atoms with E-state index in [-0.39, 0.29) is 11.5 Å². The van der Waals surface area contributed by atoms with Crippen LogP contribution in [0.2, 0.25) is 5.15 Å². The van der Waals surface area contributed by atoms with E-state index in [1.165, 1.54) is 0 Å². The maximum Gasteiger partial charge on any atom is 0.129 e. The minimum atomic E-state index is -0.501. The highest BCUT2D eigenvalue weighted by Crippen LogP contribution is 2.41. The van der Waals surface area contributed by atoms with Crippen LogP contribution < -0.4 is 0 Å². The highest BCUT2D eigenvalue weighted by Gasteiger charge is 2.41. The third-order valence-electron chi connectivity index (χ3n) is 4.47. The Morgan fingerprint density at radius 3 is 2.90 bits per heavy atom. The van der Waals surface area contributed by atoms with Crippen LogP contribution in [-0.4, -0.2) is 35.5 Å². The lowest BCUT2D eigenvalue weighted by Gasteiger charge is -2.44. The van der Waals surface area contributed by atoms with E-state index in [4.69, 9.17) is 21.1 Å². The third-order valence-corrected chi connectivity index (χ3v) is 4.68. The zero-order valence-electron chi connectivity index (χ0n) is 11.4. The quantitative estimate of drug-likeness (QED) is 0.853. The van der Waals surface area contributed by atoms with Gasteiger partial charge in [-0.1, -0.05) is 11.6 Å². The van der Waals surface area contributed by atoms with Gasteiger partial charge < -0.3 is 14.6 Å². The van der Waals surface area contributed by atoms with E-state index >= 15 is 0 Å². The molecule has 1 aromatic heterocycles. The average molecular weight is 298 g/mol. The van der Waals surface area contributed by atoms with Crippen molar-refractivity contribution in [3.8, 4) is 0 Å². The Labute approximate surface area is 124 Å². The fourth-order valence-corrected chi connectivity index (χ4v) is 3.48. The van der Waals surface area contributed by atoms with Gasteiger partial charge in [0.2, 0.25) is 0 Å². The van der Waals surface area contributed by atoms with Crippen LogP contribution in [0.5, 0.6) is 0 Å². The predicted octanol–water partition coefficient (Wildman–Crippen LogP) is 2.74. The molecule has 0 aromatic carbocycles. The molecule has 0 amide bonds. The fraction of sp³-hybridized carbons (Fsp3) is 0.667. The lowest BCUT2D eigenvalue weighted by Crippen LogP contribution is -2.45. The van der Waals surface area contributed by atoms with Crippen LogP contribution in [0.1, 0.15) is 37.4 Å². The molecule has 2 aliphatic rings. The molecule has 2 unspecified atom stereocenters. The summed E-state index contributed by atoms with van der Waals surface area (Å²) in [4.78, 5) is 3.96. The monoisotopic (exact) mass is 297 g/mol. The molecule has 2 saturated heterocycles. The first-order chi connectivity index (χ1) is 9.69. The molecule has 0 bridgehead atoms. The minimum Gasteiger partial charge on any atom is -0.388 e. The van der Waals surface area contributed by atoms with Gasteiger partial charge in [0.1, 0.15) is 5.15 Å². The Hall–Kier alpha value is -0.680. The van der Waals surface area contributed by atoms with Gasteiger partial charge in [0, 0.05) is 26.0 Å². The number of nitrogens with zero attached hydrogens (tertiary/aromatic N) is 1. The number of aliphatic hydroxyl groups excluding tert-OH is 1. The van der Waals surface area contributed by atoms with Crippen LogP contribution in [0.25, 0.3) is 0 Å². The lowest BCUT2D eigenvalue weighted by atomic mass is 9.77. The topological polar surface area (TPSA) is 51.6 Å². The molecule has 1 spiro atoms. The first-order valence-corrected chi connectivity index (χ1v) is 7.58. The molecule has 3 heterocycles. The second-order valence-corrected chi connectivity index (χ2v) is 6.14. The minimum absolute atomic E-state index is 0.0982. The molecule has 2 fully saturated rings. The highest BCUT2D eigenvalue weighted by atomic mass is 35.5. The van der Waals surface area contributed by atoms with Crippen LogP contribution in [0.15, 0.2) is 18.3 Å². The number of pyridine rings is 1. The van der Waals surface area contributed by atoms with Gasteiger partial charge >= 0.3 is 0 Å². The summed E-state index contributed by atoms with van der Waals surface area (Å²) in [5, 5.41) is 11.0. The molecule has 1 N–H and O–H groups in total. The molecular formula is C15H20ClNO3. The van der Waals surface area contributed by atoms with E-state index in [1.807, 2.05) is 6.07 Å². The first kappa shape index (κ1) is 14.3. The van der Waals surface area contributed by atoms with E-state index in [0.29, 0.717) is 11.8 Å². The summed E-state index contributed by atoms with van der Waals surface area (Å²) < 4.78 is 11.4. The zero-order chi connectivity index (χ0) is 14.0. The van der Waals surface area contributed by atoms with Crippen molar-refractivity contribution in [2.45, 2.75) is 37.4 Å². The van der Waals surface area contributed by atoms with Gasteiger partial charge in [0.25, 0.3) is 0 Å². The van der Waals surface area contributed by atoms with E-state index < -0.39 is 6.10 Å². The van der Waals surface area contributed by atoms with Crippen molar-refractivity contribution in [2.75, 3.05) is 19.8 Å². The summed E-state index contributed by atoms with van der Waals surface area (Å²) in [5.41, 5.74) is 0.748. The molecule has 4 nitrogen and oxygen atoms in total. The summed E-state index contributed by atoms with van der Waals surface area (Å²) in [7, 11) is 0. The normalized spacial score (nSPS) is 27.4. The Kier molecular flexibility index (Phi) is 4.26. The van der Waals surface area contributed by atoms with Gasteiger partial charge in [-0.3, -0.25) is 0 Å². The van der Waals surface area contributed by atoms with E-state index in [1.54, 1.807) is 12.3 Å². The number of halogens is 1. The molecular weight excluding hydrogens is 278 g/mol. The molecule has 0 radical (unpaired) electrons. The van der Waals surface area contributed by atoms with E-state index in [9.17, 15) is 5.11 Å². The van der Waals surface area contributed by atoms with Gasteiger partial charge in [0.05, 0.1) is 11.7 Å². The number of ether oxygens (including phenoxy) is 2. The highest BCUT2D eigenvalue weighted by molar-refractivity contribution is 6.29. The van der Waals surface area contributed by atoms with Crippen molar-refractivity contribution in [1.82, 2.24) is 4.98 Å². The Morgan fingerprint density at radius 2 is 2.15 bits per heavy atom. The first-order valence-electron chi connectivity index (χ1n) is 7.20. The standard InChI is InChI=1S/C15H20ClNO3/c16-13-9-11(1-5-17-13)14(18)12-2-6-20-15(10-12)3-7-19-8-4-15/h1,5,9,12,14,18H,2-4,6-8,10H2. The molecule has 20 heavy (non-hydrogen) atoms. The van der Waals surface area contributed by atoms with Crippen molar-refractivity contribution in [3.63, 3.8) is 0 Å². The second kappa shape index (κ2) is 5.98. The van der Waals surface area contributed by atoms with Crippen molar-refractivity contribution in [3.05, 3.63) is 29.0 Å². The summed E-state index contributed by atoms with van der Waals surface area (Å²) in [5.74, 6) is 0.209. The van der Waals surface area contributed by atoms with Crippen molar-refractivity contribution >= 4 is 11.6 Å². The van der Waals surface area contributed by atoms with Gasteiger partial charge in [-0.2, -0.15) is 0 Å². The zero-order valence-corrected chi connectivity index (χ0v) is 12.2. The van der Waals surface area contributed by atoms with Crippen molar-refractivity contribution in [2.24, 2.45) is 5.92 Å². The summed E-state index contributed by atoms with van der Waals surface area (Å²) in [6, 6.07) is 3.58.